The maximum absolute atomic E-state index is 12.0. The van der Waals surface area contributed by atoms with Crippen LogP contribution < -0.4 is 20.5 Å². The number of carbonyl (C=O) groups is 1. The van der Waals surface area contributed by atoms with E-state index in [0.717, 1.165) is 0 Å². The molecular weight excluding hydrogens is 296 g/mol. The zero-order valence-corrected chi connectivity index (χ0v) is 13.2. The van der Waals surface area contributed by atoms with Gasteiger partial charge in [-0.2, -0.15) is 0 Å². The van der Waals surface area contributed by atoms with Crippen molar-refractivity contribution in [3.05, 3.63) is 17.2 Å². The summed E-state index contributed by atoms with van der Waals surface area (Å²) in [6, 6.07) is 2.55. The molecule has 0 aliphatic heterocycles. The first-order valence-electron chi connectivity index (χ1n) is 6.50. The Kier molecular flexibility index (Phi) is 7.28. The molecule has 1 aromatic rings. The summed E-state index contributed by atoms with van der Waals surface area (Å²) in [4.78, 5) is 12.0. The maximum Gasteiger partial charge on any atom is 0.241 e. The van der Waals surface area contributed by atoms with Gasteiger partial charge in [-0.3, -0.25) is 4.79 Å². The molecule has 1 aromatic carbocycles. The molecule has 0 spiro atoms. The number of hydrogen-bond acceptors (Lipinski definition) is 5. The van der Waals surface area contributed by atoms with Crippen molar-refractivity contribution in [3.8, 4) is 11.5 Å². The van der Waals surface area contributed by atoms with Crippen LogP contribution in [0.4, 0.5) is 5.69 Å². The van der Waals surface area contributed by atoms with E-state index in [9.17, 15) is 4.79 Å². The largest absolute Gasteiger partial charge is 0.493 e. The highest BCUT2D eigenvalue weighted by atomic mass is 35.5. The van der Waals surface area contributed by atoms with E-state index in [2.05, 4.69) is 5.32 Å². The summed E-state index contributed by atoms with van der Waals surface area (Å²) in [5, 5.41) is 3.04. The molecule has 0 bridgehead atoms. The lowest BCUT2D eigenvalue weighted by atomic mass is 10.1. The molecule has 0 heterocycles. The van der Waals surface area contributed by atoms with Crippen molar-refractivity contribution in [3.63, 3.8) is 0 Å². The van der Waals surface area contributed by atoms with Crippen LogP contribution in [0.1, 0.15) is 12.8 Å². The highest BCUT2D eigenvalue weighted by molar-refractivity contribution is 6.34. The summed E-state index contributed by atoms with van der Waals surface area (Å²) >= 11 is 6.10. The van der Waals surface area contributed by atoms with Crippen molar-refractivity contribution in [2.75, 3.05) is 33.3 Å². The third-order valence-electron chi connectivity index (χ3n) is 2.93. The summed E-state index contributed by atoms with van der Waals surface area (Å²) in [6.07, 6.45) is 1.25. The molecule has 6 nitrogen and oxygen atoms in total. The fraction of sp³-hybridized carbons (Fsp3) is 0.500. The molecule has 21 heavy (non-hydrogen) atoms. The van der Waals surface area contributed by atoms with E-state index in [-0.39, 0.29) is 5.91 Å². The van der Waals surface area contributed by atoms with E-state index in [4.69, 9.17) is 31.5 Å². The van der Waals surface area contributed by atoms with Gasteiger partial charge in [-0.1, -0.05) is 11.6 Å². The van der Waals surface area contributed by atoms with Crippen molar-refractivity contribution in [2.24, 2.45) is 5.73 Å². The number of rotatable bonds is 8. The minimum Gasteiger partial charge on any atom is -0.493 e. The van der Waals surface area contributed by atoms with E-state index in [1.54, 1.807) is 19.2 Å². The van der Waals surface area contributed by atoms with Crippen molar-refractivity contribution < 1.29 is 19.0 Å². The van der Waals surface area contributed by atoms with Gasteiger partial charge in [-0.15, -0.1) is 0 Å². The van der Waals surface area contributed by atoms with Gasteiger partial charge in [-0.25, -0.2) is 0 Å². The molecule has 0 saturated carbocycles. The Morgan fingerprint density at radius 1 is 1.29 bits per heavy atom. The Balaban J connectivity index is 2.75. The molecule has 1 unspecified atom stereocenters. The summed E-state index contributed by atoms with van der Waals surface area (Å²) in [7, 11) is 4.63. The summed E-state index contributed by atoms with van der Waals surface area (Å²) in [6.45, 7) is 0.568. The van der Waals surface area contributed by atoms with Crippen LogP contribution in [-0.2, 0) is 9.53 Å². The van der Waals surface area contributed by atoms with Crippen molar-refractivity contribution in [1.29, 1.82) is 0 Å². The van der Waals surface area contributed by atoms with Gasteiger partial charge in [0, 0.05) is 25.8 Å². The highest BCUT2D eigenvalue weighted by Crippen LogP contribution is 2.36. The molecular formula is C14H21ClN2O4. The first kappa shape index (κ1) is 17.6. The molecule has 3 N–H and O–H groups in total. The van der Waals surface area contributed by atoms with Crippen LogP contribution in [0.5, 0.6) is 11.5 Å². The number of nitrogens with one attached hydrogen (secondary N) is 1. The molecule has 0 saturated heterocycles. The smallest absolute Gasteiger partial charge is 0.241 e. The lowest BCUT2D eigenvalue weighted by Gasteiger charge is -2.15. The minimum absolute atomic E-state index is 0.305. The Labute approximate surface area is 129 Å². The van der Waals surface area contributed by atoms with Gasteiger partial charge in [0.05, 0.1) is 31.0 Å². The van der Waals surface area contributed by atoms with Crippen LogP contribution in [0.25, 0.3) is 0 Å². The predicted octanol–water partition coefficient (Wildman–Crippen LogP) is 2.05. The van der Waals surface area contributed by atoms with Crippen molar-refractivity contribution >= 4 is 23.2 Å². The Morgan fingerprint density at radius 2 is 1.90 bits per heavy atom. The van der Waals surface area contributed by atoms with Crippen LogP contribution in [0, 0.1) is 0 Å². The normalized spacial score (nSPS) is 11.9. The number of benzene rings is 1. The van der Waals surface area contributed by atoms with E-state index in [1.165, 1.54) is 14.2 Å². The summed E-state index contributed by atoms with van der Waals surface area (Å²) in [5.74, 6) is 0.662. The molecule has 1 rings (SSSR count). The van der Waals surface area contributed by atoms with Gasteiger partial charge in [-0.05, 0) is 12.8 Å². The molecule has 7 heteroatoms. The number of ether oxygens (including phenoxy) is 3. The molecule has 0 aliphatic carbocycles. The SMILES string of the molecule is COCCCC(N)C(=O)Nc1cc(OC)c(OC)cc1Cl. The second-order valence-electron chi connectivity index (χ2n) is 4.42. The molecule has 0 radical (unpaired) electrons. The van der Waals surface area contributed by atoms with E-state index >= 15 is 0 Å². The first-order chi connectivity index (χ1) is 10.0. The number of methoxy groups -OCH3 is 3. The lowest BCUT2D eigenvalue weighted by molar-refractivity contribution is -0.117. The van der Waals surface area contributed by atoms with Gasteiger partial charge in [0.2, 0.25) is 5.91 Å². The molecule has 0 aliphatic rings. The van der Waals surface area contributed by atoms with Crippen LogP contribution in [0.2, 0.25) is 5.02 Å². The van der Waals surface area contributed by atoms with Crippen molar-refractivity contribution in [1.82, 2.24) is 0 Å². The van der Waals surface area contributed by atoms with Crippen molar-refractivity contribution in [2.45, 2.75) is 18.9 Å². The van der Waals surface area contributed by atoms with Gasteiger partial charge in [0.15, 0.2) is 11.5 Å². The average molecular weight is 317 g/mol. The van der Waals surface area contributed by atoms with E-state index in [1.807, 2.05) is 0 Å². The van der Waals surface area contributed by atoms with E-state index in [0.29, 0.717) is 41.7 Å². The zero-order valence-electron chi connectivity index (χ0n) is 12.4. The quantitative estimate of drug-likeness (QED) is 0.717. The number of nitrogens with two attached hydrogens (primary N) is 1. The van der Waals surface area contributed by atoms with Gasteiger partial charge < -0.3 is 25.3 Å². The molecule has 0 aromatic heterocycles. The number of halogens is 1. The molecule has 0 fully saturated rings. The summed E-state index contributed by atoms with van der Waals surface area (Å²) < 4.78 is 15.2. The number of carbonyl (C=O) groups excluding carboxylic acids is 1. The average Bonchev–Trinajstić information content (AvgIpc) is 2.48. The number of amides is 1. The van der Waals surface area contributed by atoms with E-state index < -0.39 is 6.04 Å². The Morgan fingerprint density at radius 3 is 2.48 bits per heavy atom. The van der Waals surface area contributed by atoms with Crippen LogP contribution >= 0.6 is 11.6 Å². The van der Waals surface area contributed by atoms with Gasteiger partial charge in [0.25, 0.3) is 0 Å². The number of hydrogen-bond donors (Lipinski definition) is 2. The lowest BCUT2D eigenvalue weighted by Crippen LogP contribution is -2.35. The maximum atomic E-state index is 12.0. The molecule has 1 amide bonds. The Hall–Kier alpha value is -1.50. The predicted molar refractivity (Wildman–Crippen MR) is 82.3 cm³/mol. The second kappa shape index (κ2) is 8.71. The molecule has 1 atom stereocenters. The monoisotopic (exact) mass is 316 g/mol. The summed E-state index contributed by atoms with van der Waals surface area (Å²) in [5.41, 5.74) is 6.25. The third kappa shape index (κ3) is 5.08. The molecule has 118 valence electrons. The Bertz CT molecular complexity index is 482. The van der Waals surface area contributed by atoms with Gasteiger partial charge in [0.1, 0.15) is 0 Å². The van der Waals surface area contributed by atoms with Crippen LogP contribution in [0.15, 0.2) is 12.1 Å². The first-order valence-corrected chi connectivity index (χ1v) is 6.88. The van der Waals surface area contributed by atoms with Crippen LogP contribution in [-0.4, -0.2) is 39.9 Å². The third-order valence-corrected chi connectivity index (χ3v) is 3.24. The standard InChI is InChI=1S/C14H21ClN2O4/c1-19-6-4-5-10(16)14(18)17-11-8-13(21-3)12(20-2)7-9(11)15/h7-8,10H,4-6,16H2,1-3H3,(H,17,18). The fourth-order valence-electron chi connectivity index (χ4n) is 1.75. The zero-order chi connectivity index (χ0) is 15.8. The second-order valence-corrected chi connectivity index (χ2v) is 4.83. The topological polar surface area (TPSA) is 82.8 Å². The number of anilines is 1. The van der Waals surface area contributed by atoms with Crippen LogP contribution in [0.3, 0.4) is 0 Å². The highest BCUT2D eigenvalue weighted by Gasteiger charge is 2.16. The fourth-order valence-corrected chi connectivity index (χ4v) is 1.95. The minimum atomic E-state index is -0.621. The van der Waals surface area contributed by atoms with Gasteiger partial charge >= 0.3 is 0 Å².